The average Bonchev–Trinajstić information content (AvgIpc) is 3.28. The van der Waals surface area contributed by atoms with Crippen molar-refractivity contribution in [2.45, 2.75) is 44.4 Å². The van der Waals surface area contributed by atoms with Crippen LogP contribution >= 0.6 is 23.1 Å². The van der Waals surface area contributed by atoms with Gasteiger partial charge in [0.2, 0.25) is 11.8 Å². The summed E-state index contributed by atoms with van der Waals surface area (Å²) in [5.74, 6) is 0.303. The molecule has 32 heavy (non-hydrogen) atoms. The minimum atomic E-state index is -0.0994. The third-order valence-corrected chi connectivity index (χ3v) is 6.73. The van der Waals surface area contributed by atoms with Gasteiger partial charge in [-0.2, -0.15) is 0 Å². The van der Waals surface area contributed by atoms with Crippen molar-refractivity contribution >= 4 is 45.7 Å². The second-order valence-corrected chi connectivity index (χ2v) is 9.37. The van der Waals surface area contributed by atoms with Crippen LogP contribution in [-0.4, -0.2) is 29.1 Å². The highest BCUT2D eigenvalue weighted by Crippen LogP contribution is 2.29. The van der Waals surface area contributed by atoms with Crippen molar-refractivity contribution in [3.05, 3.63) is 60.0 Å². The number of hydrogen-bond donors (Lipinski definition) is 1. The van der Waals surface area contributed by atoms with Crippen molar-refractivity contribution in [1.29, 1.82) is 0 Å². The van der Waals surface area contributed by atoms with E-state index < -0.39 is 0 Å². The highest BCUT2D eigenvalue weighted by molar-refractivity contribution is 8.00. The number of nitrogens with one attached hydrogen (secondary N) is 1. The Morgan fingerprint density at radius 1 is 1.03 bits per heavy atom. The Morgan fingerprint density at radius 3 is 2.47 bits per heavy atom. The summed E-state index contributed by atoms with van der Waals surface area (Å²) in [6, 6.07) is 17.6. The molecule has 0 aliphatic rings. The van der Waals surface area contributed by atoms with Crippen molar-refractivity contribution in [2.24, 2.45) is 0 Å². The molecule has 2 aromatic carbocycles. The molecule has 0 spiro atoms. The summed E-state index contributed by atoms with van der Waals surface area (Å²) in [6.07, 6.45) is 4.41. The molecule has 1 heterocycles. The van der Waals surface area contributed by atoms with Crippen LogP contribution in [0.25, 0.3) is 11.3 Å². The van der Waals surface area contributed by atoms with Gasteiger partial charge in [0.15, 0.2) is 5.13 Å². The molecular formula is C25H29N3O2S2. The van der Waals surface area contributed by atoms with Crippen molar-refractivity contribution in [2.75, 3.05) is 22.5 Å². The second-order valence-electron chi connectivity index (χ2n) is 7.48. The number of amides is 2. The molecule has 2 amide bonds. The maximum atomic E-state index is 13.2. The fraction of sp³-hybridized carbons (Fsp3) is 0.320. The molecule has 5 nitrogen and oxygen atoms in total. The van der Waals surface area contributed by atoms with Crippen LogP contribution in [0, 0.1) is 0 Å². The van der Waals surface area contributed by atoms with E-state index >= 15 is 0 Å². The van der Waals surface area contributed by atoms with E-state index in [0.717, 1.165) is 46.2 Å². The summed E-state index contributed by atoms with van der Waals surface area (Å²) in [7, 11) is 0. The Labute approximate surface area is 198 Å². The van der Waals surface area contributed by atoms with Crippen LogP contribution in [0.15, 0.2) is 64.9 Å². The predicted molar refractivity (Wildman–Crippen MR) is 136 cm³/mol. The van der Waals surface area contributed by atoms with Crippen LogP contribution in [0.4, 0.5) is 10.8 Å². The number of hydrogen-bond acceptors (Lipinski definition) is 5. The first-order chi connectivity index (χ1) is 15.6. The lowest BCUT2D eigenvalue weighted by molar-refractivity contribution is -0.116. The monoisotopic (exact) mass is 467 g/mol. The van der Waals surface area contributed by atoms with Crippen LogP contribution in [0.5, 0.6) is 0 Å². The lowest BCUT2D eigenvalue weighted by Gasteiger charge is -2.20. The summed E-state index contributed by atoms with van der Waals surface area (Å²) in [4.78, 5) is 31.9. The molecule has 7 heteroatoms. The summed E-state index contributed by atoms with van der Waals surface area (Å²) in [6.45, 7) is 4.35. The molecule has 0 aliphatic heterocycles. The number of benzene rings is 2. The van der Waals surface area contributed by atoms with Gasteiger partial charge in [-0.15, -0.1) is 23.1 Å². The zero-order valence-corrected chi connectivity index (χ0v) is 20.2. The summed E-state index contributed by atoms with van der Waals surface area (Å²) in [5, 5.41) is 5.53. The first-order valence-corrected chi connectivity index (χ1v) is 12.7. The van der Waals surface area contributed by atoms with Gasteiger partial charge in [0.05, 0.1) is 11.4 Å². The van der Waals surface area contributed by atoms with Crippen LogP contribution in [-0.2, 0) is 9.59 Å². The summed E-state index contributed by atoms with van der Waals surface area (Å²) in [5.41, 5.74) is 2.71. The fourth-order valence-corrected chi connectivity index (χ4v) is 4.87. The number of thioether (sulfide) groups is 1. The Hall–Kier alpha value is -2.64. The highest BCUT2D eigenvalue weighted by atomic mass is 32.2. The lowest BCUT2D eigenvalue weighted by Crippen LogP contribution is -2.33. The standard InChI is InChI=1S/C25H29N3O2S2/c1-3-4-5-9-16-28(25-27-23(17-32-25)20-10-7-6-8-11-20)24(30)18-31-22-14-12-21(13-15-22)26-19(2)29/h6-8,10-15,17H,3-5,9,16,18H2,1-2H3,(H,26,29). The number of rotatable bonds is 11. The smallest absolute Gasteiger partial charge is 0.239 e. The van der Waals surface area contributed by atoms with E-state index in [9.17, 15) is 9.59 Å². The number of nitrogens with zero attached hydrogens (tertiary/aromatic N) is 2. The van der Waals surface area contributed by atoms with Crippen LogP contribution in [0.3, 0.4) is 0 Å². The number of unbranched alkanes of at least 4 members (excludes halogenated alkanes) is 3. The lowest BCUT2D eigenvalue weighted by atomic mass is 10.2. The fourth-order valence-electron chi connectivity index (χ4n) is 3.21. The van der Waals surface area contributed by atoms with Gasteiger partial charge in [0, 0.05) is 35.0 Å². The van der Waals surface area contributed by atoms with Gasteiger partial charge in [-0.25, -0.2) is 4.98 Å². The number of anilines is 2. The maximum Gasteiger partial charge on any atom is 0.239 e. The first kappa shape index (κ1) is 24.0. The third kappa shape index (κ3) is 7.21. The molecule has 1 N–H and O–H groups in total. The zero-order chi connectivity index (χ0) is 22.8. The van der Waals surface area contributed by atoms with Crippen LogP contribution in [0.1, 0.15) is 39.5 Å². The van der Waals surface area contributed by atoms with Crippen molar-refractivity contribution in [3.8, 4) is 11.3 Å². The third-order valence-electron chi connectivity index (χ3n) is 4.87. The molecule has 0 atom stereocenters. The molecule has 0 bridgehead atoms. The van der Waals surface area contributed by atoms with Crippen LogP contribution in [0.2, 0.25) is 0 Å². The van der Waals surface area contributed by atoms with E-state index in [1.54, 1.807) is 0 Å². The number of thiazole rings is 1. The molecule has 1 aromatic heterocycles. The average molecular weight is 468 g/mol. The van der Waals surface area contributed by atoms with Crippen molar-refractivity contribution < 1.29 is 9.59 Å². The Bertz CT molecular complexity index is 1000. The first-order valence-electron chi connectivity index (χ1n) is 10.9. The molecule has 0 aliphatic carbocycles. The molecule has 0 unspecified atom stereocenters. The Balaban J connectivity index is 1.67. The van der Waals surface area contributed by atoms with E-state index in [2.05, 4.69) is 12.2 Å². The molecular weight excluding hydrogens is 438 g/mol. The maximum absolute atomic E-state index is 13.2. The molecule has 0 radical (unpaired) electrons. The van der Waals surface area contributed by atoms with Gasteiger partial charge in [-0.05, 0) is 30.7 Å². The van der Waals surface area contributed by atoms with E-state index in [1.165, 1.54) is 36.4 Å². The van der Waals surface area contributed by atoms with Crippen LogP contribution < -0.4 is 10.2 Å². The molecule has 3 rings (SSSR count). The molecule has 0 saturated heterocycles. The predicted octanol–water partition coefficient (Wildman–Crippen LogP) is 6.47. The molecule has 0 fully saturated rings. The topological polar surface area (TPSA) is 62.3 Å². The van der Waals surface area contributed by atoms with Crippen molar-refractivity contribution in [1.82, 2.24) is 4.98 Å². The minimum Gasteiger partial charge on any atom is -0.326 e. The van der Waals surface area contributed by atoms with E-state index in [4.69, 9.17) is 4.98 Å². The quantitative estimate of drug-likeness (QED) is 0.259. The van der Waals surface area contributed by atoms with Gasteiger partial charge in [-0.1, -0.05) is 56.5 Å². The van der Waals surface area contributed by atoms with E-state index in [-0.39, 0.29) is 11.8 Å². The number of carbonyl (C=O) groups excluding carboxylic acids is 2. The Morgan fingerprint density at radius 2 is 1.78 bits per heavy atom. The van der Waals surface area contributed by atoms with Gasteiger partial charge < -0.3 is 5.32 Å². The molecule has 168 valence electrons. The van der Waals surface area contributed by atoms with Crippen molar-refractivity contribution in [3.63, 3.8) is 0 Å². The van der Waals surface area contributed by atoms with E-state index in [1.807, 2.05) is 64.9 Å². The van der Waals surface area contributed by atoms with Gasteiger partial charge in [0.25, 0.3) is 0 Å². The molecule has 0 saturated carbocycles. The van der Waals surface area contributed by atoms with E-state index in [0.29, 0.717) is 12.3 Å². The summed E-state index contributed by atoms with van der Waals surface area (Å²) < 4.78 is 0. The summed E-state index contributed by atoms with van der Waals surface area (Å²) >= 11 is 3.02. The second kappa shape index (κ2) is 12.4. The highest BCUT2D eigenvalue weighted by Gasteiger charge is 2.19. The number of carbonyl (C=O) groups is 2. The largest absolute Gasteiger partial charge is 0.326 e. The van der Waals surface area contributed by atoms with Gasteiger partial charge in [-0.3, -0.25) is 14.5 Å². The minimum absolute atomic E-state index is 0.0615. The molecule has 3 aromatic rings. The normalized spacial score (nSPS) is 10.7. The Kier molecular flexibility index (Phi) is 9.31. The SMILES string of the molecule is CCCCCCN(C(=O)CSc1ccc(NC(C)=O)cc1)c1nc(-c2ccccc2)cs1. The zero-order valence-electron chi connectivity index (χ0n) is 18.5. The van der Waals surface area contributed by atoms with Gasteiger partial charge in [0.1, 0.15) is 0 Å². The number of aromatic nitrogens is 1. The van der Waals surface area contributed by atoms with Gasteiger partial charge >= 0.3 is 0 Å².